The number of urea groups is 1. The van der Waals surface area contributed by atoms with E-state index in [4.69, 9.17) is 0 Å². The Morgan fingerprint density at radius 1 is 1.25 bits per heavy atom. The number of carbonyl (C=O) groups is 3. The highest BCUT2D eigenvalue weighted by Gasteiger charge is 2.51. The van der Waals surface area contributed by atoms with Crippen molar-refractivity contribution in [2.75, 3.05) is 13.1 Å². The van der Waals surface area contributed by atoms with E-state index in [0.717, 1.165) is 31.2 Å². The number of nitrogens with one attached hydrogen (secondary N) is 2. The van der Waals surface area contributed by atoms with Crippen LogP contribution in [0.15, 0.2) is 24.3 Å². The maximum Gasteiger partial charge on any atom is 0.325 e. The normalized spacial score (nSPS) is 19.0. The lowest BCUT2D eigenvalue weighted by Gasteiger charge is -2.20. The van der Waals surface area contributed by atoms with E-state index >= 15 is 0 Å². The summed E-state index contributed by atoms with van der Waals surface area (Å²) in [6.45, 7) is 2.65. The zero-order valence-electron chi connectivity index (χ0n) is 13.9. The molecule has 6 heteroatoms. The summed E-state index contributed by atoms with van der Waals surface area (Å²) >= 11 is 0. The third-order valence-electron chi connectivity index (χ3n) is 4.94. The monoisotopic (exact) mass is 329 g/mol. The van der Waals surface area contributed by atoms with Gasteiger partial charge >= 0.3 is 6.03 Å². The number of hydrogen-bond acceptors (Lipinski definition) is 3. The molecule has 2 N–H and O–H groups in total. The number of benzene rings is 1. The molecule has 1 aromatic carbocycles. The van der Waals surface area contributed by atoms with Gasteiger partial charge in [0.2, 0.25) is 0 Å². The fourth-order valence-corrected chi connectivity index (χ4v) is 3.56. The van der Waals surface area contributed by atoms with E-state index in [-0.39, 0.29) is 17.8 Å². The highest BCUT2D eigenvalue weighted by Crippen LogP contribution is 2.34. The third kappa shape index (κ3) is 3.00. The van der Waals surface area contributed by atoms with Crippen LogP contribution in [0.2, 0.25) is 0 Å². The largest absolute Gasteiger partial charge is 0.352 e. The molecule has 1 saturated heterocycles. The van der Waals surface area contributed by atoms with E-state index in [9.17, 15) is 14.4 Å². The minimum Gasteiger partial charge on any atom is -0.352 e. The van der Waals surface area contributed by atoms with Crippen LogP contribution in [0.1, 0.15) is 48.0 Å². The van der Waals surface area contributed by atoms with Crippen LogP contribution in [0.4, 0.5) is 4.79 Å². The van der Waals surface area contributed by atoms with Gasteiger partial charge in [-0.3, -0.25) is 14.5 Å². The van der Waals surface area contributed by atoms with Crippen LogP contribution in [-0.2, 0) is 4.79 Å². The topological polar surface area (TPSA) is 78.5 Å². The third-order valence-corrected chi connectivity index (χ3v) is 4.94. The number of aryl methyl sites for hydroxylation is 1. The van der Waals surface area contributed by atoms with Crippen LogP contribution < -0.4 is 10.6 Å². The lowest BCUT2D eigenvalue weighted by atomic mass is 9.98. The second-order valence-corrected chi connectivity index (χ2v) is 6.60. The molecule has 3 rings (SSSR count). The Labute approximate surface area is 141 Å². The van der Waals surface area contributed by atoms with Crippen LogP contribution in [-0.4, -0.2) is 41.4 Å². The van der Waals surface area contributed by atoms with Crippen LogP contribution in [0.25, 0.3) is 0 Å². The van der Waals surface area contributed by atoms with Gasteiger partial charge in [-0.2, -0.15) is 0 Å². The van der Waals surface area contributed by atoms with Crippen LogP contribution in [0.5, 0.6) is 0 Å². The standard InChI is InChI=1S/C18H23N3O3/c1-13-7-2-3-8-14(13)15(22)19-11-6-12-21-16(23)18(20-17(21)24)9-4-5-10-18/h2-3,7-8H,4-6,9-12H2,1H3,(H,19,22)(H,20,24). The molecule has 1 heterocycles. The molecular formula is C18H23N3O3. The lowest BCUT2D eigenvalue weighted by molar-refractivity contribution is -0.131. The molecule has 1 aliphatic heterocycles. The van der Waals surface area contributed by atoms with Crippen molar-refractivity contribution >= 4 is 17.8 Å². The molecule has 1 aliphatic carbocycles. The van der Waals surface area contributed by atoms with Gasteiger partial charge in [-0.05, 0) is 37.8 Å². The summed E-state index contributed by atoms with van der Waals surface area (Å²) in [5.74, 6) is -0.229. The maximum absolute atomic E-state index is 12.5. The summed E-state index contributed by atoms with van der Waals surface area (Å²) in [5.41, 5.74) is 0.922. The first kappa shape index (κ1) is 16.5. The van der Waals surface area contributed by atoms with Gasteiger partial charge in [0.1, 0.15) is 5.54 Å². The van der Waals surface area contributed by atoms with E-state index in [0.29, 0.717) is 25.1 Å². The highest BCUT2D eigenvalue weighted by molar-refractivity contribution is 6.07. The van der Waals surface area contributed by atoms with Crippen LogP contribution in [0.3, 0.4) is 0 Å². The van der Waals surface area contributed by atoms with Crippen LogP contribution >= 0.6 is 0 Å². The Balaban J connectivity index is 1.48. The van der Waals surface area contributed by atoms with Gasteiger partial charge in [-0.25, -0.2) is 4.79 Å². The molecule has 0 atom stereocenters. The fraction of sp³-hybridized carbons (Fsp3) is 0.500. The number of imide groups is 1. The summed E-state index contributed by atoms with van der Waals surface area (Å²) in [4.78, 5) is 38.0. The van der Waals surface area contributed by atoms with E-state index in [2.05, 4.69) is 10.6 Å². The molecule has 2 fully saturated rings. The number of nitrogens with zero attached hydrogens (tertiary/aromatic N) is 1. The summed E-state index contributed by atoms with van der Waals surface area (Å²) in [6, 6.07) is 7.10. The Bertz CT molecular complexity index is 665. The summed E-state index contributed by atoms with van der Waals surface area (Å²) in [6.07, 6.45) is 3.97. The summed E-state index contributed by atoms with van der Waals surface area (Å²) < 4.78 is 0. The van der Waals surface area contributed by atoms with Gasteiger partial charge < -0.3 is 10.6 Å². The average Bonchev–Trinajstić information content (AvgIpc) is 3.12. The SMILES string of the molecule is Cc1ccccc1C(=O)NCCCN1C(=O)NC2(CCCC2)C1=O. The maximum atomic E-state index is 12.5. The van der Waals surface area contributed by atoms with Crippen molar-refractivity contribution in [3.8, 4) is 0 Å². The summed E-state index contributed by atoms with van der Waals surface area (Å²) in [7, 11) is 0. The van der Waals surface area contributed by atoms with Crippen molar-refractivity contribution in [2.24, 2.45) is 0 Å². The molecule has 0 bridgehead atoms. The van der Waals surface area contributed by atoms with Gasteiger partial charge in [0, 0.05) is 18.7 Å². The van der Waals surface area contributed by atoms with Crippen molar-refractivity contribution in [3.05, 3.63) is 35.4 Å². The number of hydrogen-bond donors (Lipinski definition) is 2. The minimum absolute atomic E-state index is 0.102. The van der Waals surface area contributed by atoms with E-state index in [1.807, 2.05) is 25.1 Å². The second-order valence-electron chi connectivity index (χ2n) is 6.60. The van der Waals surface area contributed by atoms with Crippen molar-refractivity contribution in [1.29, 1.82) is 0 Å². The number of amides is 4. The predicted molar refractivity (Wildman–Crippen MR) is 89.6 cm³/mol. The molecule has 128 valence electrons. The minimum atomic E-state index is -0.651. The Hall–Kier alpha value is -2.37. The molecule has 1 spiro atoms. The first-order valence-corrected chi connectivity index (χ1v) is 8.51. The number of rotatable bonds is 5. The van der Waals surface area contributed by atoms with Crippen molar-refractivity contribution < 1.29 is 14.4 Å². The van der Waals surface area contributed by atoms with Crippen molar-refractivity contribution in [3.63, 3.8) is 0 Å². The molecule has 0 radical (unpaired) electrons. The Kier molecular flexibility index (Phi) is 4.55. The predicted octanol–water partition coefficient (Wildman–Crippen LogP) is 1.98. The van der Waals surface area contributed by atoms with Crippen molar-refractivity contribution in [2.45, 2.75) is 44.6 Å². The molecule has 0 aromatic heterocycles. The van der Waals surface area contributed by atoms with Crippen molar-refractivity contribution in [1.82, 2.24) is 15.5 Å². The zero-order chi connectivity index (χ0) is 17.2. The number of carbonyl (C=O) groups excluding carboxylic acids is 3. The molecule has 1 saturated carbocycles. The fourth-order valence-electron chi connectivity index (χ4n) is 3.56. The molecule has 1 aromatic rings. The molecular weight excluding hydrogens is 306 g/mol. The quantitative estimate of drug-likeness (QED) is 0.640. The zero-order valence-corrected chi connectivity index (χ0v) is 13.9. The first-order chi connectivity index (χ1) is 11.5. The van der Waals surface area contributed by atoms with Gasteiger partial charge in [-0.1, -0.05) is 31.0 Å². The average molecular weight is 329 g/mol. The van der Waals surface area contributed by atoms with E-state index < -0.39 is 5.54 Å². The highest BCUT2D eigenvalue weighted by atomic mass is 16.2. The van der Waals surface area contributed by atoms with E-state index in [1.54, 1.807) is 6.07 Å². The summed E-state index contributed by atoms with van der Waals surface area (Å²) in [5, 5.41) is 5.71. The lowest BCUT2D eigenvalue weighted by Crippen LogP contribution is -2.44. The smallest absolute Gasteiger partial charge is 0.325 e. The van der Waals surface area contributed by atoms with Gasteiger partial charge in [-0.15, -0.1) is 0 Å². The van der Waals surface area contributed by atoms with Gasteiger partial charge in [0.15, 0.2) is 0 Å². The Morgan fingerprint density at radius 3 is 2.67 bits per heavy atom. The van der Waals surface area contributed by atoms with Gasteiger partial charge in [0.05, 0.1) is 0 Å². The van der Waals surface area contributed by atoms with E-state index in [1.165, 1.54) is 4.90 Å². The second kappa shape index (κ2) is 6.63. The first-order valence-electron chi connectivity index (χ1n) is 8.51. The molecule has 2 aliphatic rings. The van der Waals surface area contributed by atoms with Gasteiger partial charge in [0.25, 0.3) is 11.8 Å². The molecule has 24 heavy (non-hydrogen) atoms. The molecule has 6 nitrogen and oxygen atoms in total. The molecule has 0 unspecified atom stereocenters. The molecule has 4 amide bonds. The Morgan fingerprint density at radius 2 is 1.96 bits per heavy atom. The van der Waals surface area contributed by atoms with Crippen LogP contribution in [0, 0.1) is 6.92 Å².